The Morgan fingerprint density at radius 3 is 2.08 bits per heavy atom. The highest BCUT2D eigenvalue weighted by Crippen LogP contribution is 2.22. The number of benzene rings is 2. The van der Waals surface area contributed by atoms with Crippen LogP contribution in [0.25, 0.3) is 0 Å². The Hall–Kier alpha value is -3.69. The normalized spacial score (nSPS) is 10.5. The van der Waals surface area contributed by atoms with E-state index in [0.717, 1.165) is 18.2 Å². The van der Waals surface area contributed by atoms with Crippen molar-refractivity contribution in [1.82, 2.24) is 5.43 Å². The fourth-order valence-electron chi connectivity index (χ4n) is 1.72. The summed E-state index contributed by atoms with van der Waals surface area (Å²) in [5.74, 6) is -1.29. The average Bonchev–Trinajstić information content (AvgIpc) is 2.56. The predicted molar refractivity (Wildman–Crippen MR) is 81.2 cm³/mol. The summed E-state index contributed by atoms with van der Waals surface area (Å²) in [4.78, 5) is 31.8. The highest BCUT2D eigenvalue weighted by Gasteiger charge is 2.19. The van der Waals surface area contributed by atoms with Gasteiger partial charge in [-0.2, -0.15) is 5.10 Å². The molecule has 1 N–H and O–H groups in total. The van der Waals surface area contributed by atoms with Gasteiger partial charge in [-0.1, -0.05) is 12.1 Å². The van der Waals surface area contributed by atoms with Crippen molar-refractivity contribution < 1.29 is 19.0 Å². The first-order valence-corrected chi connectivity index (χ1v) is 6.39. The zero-order valence-corrected chi connectivity index (χ0v) is 11.9. The number of non-ortho nitro benzene ring substituents is 2. The monoisotopic (exact) mass is 332 g/mol. The van der Waals surface area contributed by atoms with Gasteiger partial charge in [0.1, 0.15) is 5.82 Å². The van der Waals surface area contributed by atoms with Gasteiger partial charge in [0.15, 0.2) is 0 Å². The number of rotatable bonds is 5. The number of hydrogen-bond acceptors (Lipinski definition) is 6. The van der Waals surface area contributed by atoms with Crippen molar-refractivity contribution >= 4 is 23.5 Å². The molecule has 0 spiro atoms. The Morgan fingerprint density at radius 1 is 1.04 bits per heavy atom. The third kappa shape index (κ3) is 4.16. The number of hydrogen-bond donors (Lipinski definition) is 1. The fraction of sp³-hybridized carbons (Fsp3) is 0. The summed E-state index contributed by atoms with van der Waals surface area (Å²) < 4.78 is 12.7. The van der Waals surface area contributed by atoms with Gasteiger partial charge in [-0.25, -0.2) is 9.82 Å². The maximum Gasteiger partial charge on any atom is 0.277 e. The molecule has 0 fully saturated rings. The van der Waals surface area contributed by atoms with Gasteiger partial charge in [-0.3, -0.25) is 25.0 Å². The van der Waals surface area contributed by atoms with Crippen LogP contribution in [-0.2, 0) is 0 Å². The molecule has 0 aliphatic heterocycles. The molecule has 10 heteroatoms. The van der Waals surface area contributed by atoms with Crippen molar-refractivity contribution in [2.24, 2.45) is 5.10 Å². The molecule has 0 saturated heterocycles. The summed E-state index contributed by atoms with van der Waals surface area (Å²) in [5, 5.41) is 25.1. The van der Waals surface area contributed by atoms with Crippen LogP contribution in [0.5, 0.6) is 0 Å². The molecule has 0 unspecified atom stereocenters. The van der Waals surface area contributed by atoms with Crippen molar-refractivity contribution in [3.05, 3.63) is 79.6 Å². The van der Waals surface area contributed by atoms with Crippen LogP contribution in [0.3, 0.4) is 0 Å². The van der Waals surface area contributed by atoms with Gasteiger partial charge in [0.05, 0.1) is 27.7 Å². The fourth-order valence-corrected chi connectivity index (χ4v) is 1.72. The van der Waals surface area contributed by atoms with Gasteiger partial charge in [0.2, 0.25) is 0 Å². The third-order valence-corrected chi connectivity index (χ3v) is 2.84. The summed E-state index contributed by atoms with van der Waals surface area (Å²) in [7, 11) is 0. The van der Waals surface area contributed by atoms with Gasteiger partial charge in [-0.05, 0) is 17.7 Å². The standard InChI is InChI=1S/C14H9FN4O5/c15-11-3-1-9(2-4-11)8-16-17-14(20)10-5-12(18(21)22)7-13(6-10)19(23)24/h1-8H,(H,17,20)/b16-8+. The number of carbonyl (C=O) groups is 1. The second kappa shape index (κ2) is 7.05. The number of carbonyl (C=O) groups excluding carboxylic acids is 1. The summed E-state index contributed by atoms with van der Waals surface area (Å²) in [5.41, 5.74) is 1.13. The van der Waals surface area contributed by atoms with E-state index in [-0.39, 0.29) is 5.56 Å². The molecule has 0 aliphatic carbocycles. The van der Waals surface area contributed by atoms with Crippen molar-refractivity contribution in [2.45, 2.75) is 0 Å². The topological polar surface area (TPSA) is 128 Å². The van der Waals surface area contributed by atoms with Crippen LogP contribution in [0.1, 0.15) is 15.9 Å². The number of hydrazone groups is 1. The number of nitro benzene ring substituents is 2. The van der Waals surface area contributed by atoms with Crippen LogP contribution in [0, 0.1) is 26.0 Å². The number of amides is 1. The number of halogens is 1. The minimum atomic E-state index is -0.861. The third-order valence-electron chi connectivity index (χ3n) is 2.84. The Bertz CT molecular complexity index is 803. The molecular weight excluding hydrogens is 323 g/mol. The predicted octanol–water partition coefficient (Wildman–Crippen LogP) is 2.41. The van der Waals surface area contributed by atoms with Crippen molar-refractivity contribution in [3.8, 4) is 0 Å². The van der Waals surface area contributed by atoms with Gasteiger partial charge in [-0.15, -0.1) is 0 Å². The zero-order chi connectivity index (χ0) is 17.7. The van der Waals surface area contributed by atoms with Gasteiger partial charge in [0.25, 0.3) is 17.3 Å². The van der Waals surface area contributed by atoms with E-state index in [2.05, 4.69) is 10.5 Å². The molecule has 0 radical (unpaired) electrons. The second-order valence-electron chi connectivity index (χ2n) is 4.50. The molecule has 24 heavy (non-hydrogen) atoms. The minimum Gasteiger partial charge on any atom is -0.267 e. The van der Waals surface area contributed by atoms with Crippen LogP contribution in [0.2, 0.25) is 0 Å². The molecule has 0 atom stereocenters. The van der Waals surface area contributed by atoms with E-state index >= 15 is 0 Å². The van der Waals surface area contributed by atoms with Crippen molar-refractivity contribution in [2.75, 3.05) is 0 Å². The van der Waals surface area contributed by atoms with Crippen molar-refractivity contribution in [1.29, 1.82) is 0 Å². The lowest BCUT2D eigenvalue weighted by molar-refractivity contribution is -0.394. The average molecular weight is 332 g/mol. The summed E-state index contributed by atoms with van der Waals surface area (Å²) in [6, 6.07) is 7.79. The summed E-state index contributed by atoms with van der Waals surface area (Å²) in [6.45, 7) is 0. The maximum atomic E-state index is 12.7. The first-order valence-electron chi connectivity index (χ1n) is 6.39. The van der Waals surface area contributed by atoms with Gasteiger partial charge in [0, 0.05) is 12.1 Å². The zero-order valence-electron chi connectivity index (χ0n) is 11.9. The molecule has 0 bridgehead atoms. The minimum absolute atomic E-state index is 0.285. The maximum absolute atomic E-state index is 12.7. The van der Waals surface area contributed by atoms with E-state index in [1.54, 1.807) is 0 Å². The molecule has 122 valence electrons. The Balaban J connectivity index is 2.18. The quantitative estimate of drug-likeness (QED) is 0.511. The first kappa shape index (κ1) is 16.7. The molecule has 2 aromatic rings. The highest BCUT2D eigenvalue weighted by atomic mass is 19.1. The Morgan fingerprint density at radius 2 is 1.58 bits per heavy atom. The number of nitrogens with zero attached hydrogens (tertiary/aromatic N) is 3. The van der Waals surface area contributed by atoms with E-state index in [1.807, 2.05) is 0 Å². The van der Waals surface area contributed by atoms with E-state index in [0.29, 0.717) is 5.56 Å². The van der Waals surface area contributed by atoms with Gasteiger partial charge >= 0.3 is 0 Å². The van der Waals surface area contributed by atoms with E-state index < -0.39 is 32.9 Å². The van der Waals surface area contributed by atoms with Gasteiger partial charge < -0.3 is 0 Å². The molecule has 2 aromatic carbocycles. The van der Waals surface area contributed by atoms with E-state index in [9.17, 15) is 29.4 Å². The largest absolute Gasteiger partial charge is 0.277 e. The molecule has 1 amide bonds. The molecule has 0 saturated carbocycles. The van der Waals surface area contributed by atoms with Crippen LogP contribution in [0.4, 0.5) is 15.8 Å². The Labute approximate surface area is 133 Å². The number of nitrogens with one attached hydrogen (secondary N) is 1. The number of nitro groups is 2. The SMILES string of the molecule is O=C(N/N=C/c1ccc(F)cc1)c1cc([N+](=O)[O-])cc([N+](=O)[O-])c1. The molecule has 9 nitrogen and oxygen atoms in total. The molecule has 0 aromatic heterocycles. The van der Waals surface area contributed by atoms with Crippen molar-refractivity contribution in [3.63, 3.8) is 0 Å². The molecule has 0 aliphatic rings. The Kier molecular flexibility index (Phi) is 4.90. The van der Waals surface area contributed by atoms with E-state index in [4.69, 9.17) is 0 Å². The van der Waals surface area contributed by atoms with E-state index in [1.165, 1.54) is 30.5 Å². The first-order chi connectivity index (χ1) is 11.4. The lowest BCUT2D eigenvalue weighted by Gasteiger charge is -2.01. The molecular formula is C14H9FN4O5. The van der Waals surface area contributed by atoms with Crippen LogP contribution < -0.4 is 5.43 Å². The summed E-state index contributed by atoms with van der Waals surface area (Å²) >= 11 is 0. The smallest absolute Gasteiger partial charge is 0.267 e. The molecule has 0 heterocycles. The lowest BCUT2D eigenvalue weighted by Crippen LogP contribution is -2.18. The molecule has 2 rings (SSSR count). The lowest BCUT2D eigenvalue weighted by atomic mass is 10.1. The second-order valence-corrected chi connectivity index (χ2v) is 4.50. The van der Waals surface area contributed by atoms with Crippen LogP contribution >= 0.6 is 0 Å². The van der Waals surface area contributed by atoms with Crippen LogP contribution in [0.15, 0.2) is 47.6 Å². The van der Waals surface area contributed by atoms with Crippen LogP contribution in [-0.4, -0.2) is 22.0 Å². The summed E-state index contributed by atoms with van der Waals surface area (Å²) in [6.07, 6.45) is 1.23. The highest BCUT2D eigenvalue weighted by molar-refractivity contribution is 5.96.